The highest BCUT2D eigenvalue weighted by Crippen LogP contribution is 2.24. The van der Waals surface area contributed by atoms with Crippen LogP contribution in [0.15, 0.2) is 58.6 Å². The Morgan fingerprint density at radius 1 is 1.04 bits per heavy atom. The summed E-state index contributed by atoms with van der Waals surface area (Å²) in [7, 11) is 3.89. The van der Waals surface area contributed by atoms with E-state index >= 15 is 0 Å². The second kappa shape index (κ2) is 7.39. The molecule has 1 aliphatic rings. The van der Waals surface area contributed by atoms with Gasteiger partial charge in [0.25, 0.3) is 11.8 Å². The molecule has 1 saturated heterocycles. The van der Waals surface area contributed by atoms with E-state index in [1.165, 1.54) is 4.90 Å². The van der Waals surface area contributed by atoms with Crippen molar-refractivity contribution in [3.63, 3.8) is 0 Å². The van der Waals surface area contributed by atoms with Gasteiger partial charge in [0.1, 0.15) is 5.57 Å². The average Bonchev–Trinajstić information content (AvgIpc) is 2.60. The van der Waals surface area contributed by atoms with Crippen LogP contribution in [0.5, 0.6) is 0 Å². The molecule has 0 unspecified atom stereocenters. The topological polar surface area (TPSA) is 52.7 Å². The molecule has 7 heteroatoms. The number of amides is 2. The van der Waals surface area contributed by atoms with Crippen LogP contribution in [0, 0.1) is 0 Å². The van der Waals surface area contributed by atoms with Crippen LogP contribution in [0.1, 0.15) is 5.56 Å². The highest BCUT2D eigenvalue weighted by molar-refractivity contribution is 9.10. The molecule has 0 spiro atoms. The Kier molecular flexibility index (Phi) is 5.20. The summed E-state index contributed by atoms with van der Waals surface area (Å²) >= 11 is 8.55. The molecule has 132 valence electrons. The predicted octanol–water partition coefficient (Wildman–Crippen LogP) is 3.35. The van der Waals surface area contributed by atoms with Crippen LogP contribution in [0.2, 0.25) is 0 Å². The second-order valence-electron chi connectivity index (χ2n) is 5.92. The van der Waals surface area contributed by atoms with Gasteiger partial charge in [-0.15, -0.1) is 0 Å². The fourth-order valence-corrected chi connectivity index (χ4v) is 3.06. The van der Waals surface area contributed by atoms with Crippen molar-refractivity contribution in [2.24, 2.45) is 0 Å². The third-order valence-corrected chi connectivity index (χ3v) is 4.72. The van der Waals surface area contributed by atoms with Crippen molar-refractivity contribution in [1.29, 1.82) is 0 Å². The molecule has 2 aromatic carbocycles. The van der Waals surface area contributed by atoms with E-state index in [1.54, 1.807) is 18.2 Å². The summed E-state index contributed by atoms with van der Waals surface area (Å²) in [5.41, 5.74) is 2.43. The SMILES string of the molecule is CN(C)c1ccc(/C=C2/C(=O)NC(=S)N(c3ccc(Br)cc3)C2=O)cc1. The highest BCUT2D eigenvalue weighted by Gasteiger charge is 2.34. The van der Waals surface area contributed by atoms with Gasteiger partial charge in [0, 0.05) is 24.3 Å². The summed E-state index contributed by atoms with van der Waals surface area (Å²) in [5.74, 6) is -0.942. The minimum absolute atomic E-state index is 0.0409. The minimum atomic E-state index is -0.495. The molecule has 1 heterocycles. The van der Waals surface area contributed by atoms with E-state index in [1.807, 2.05) is 55.4 Å². The van der Waals surface area contributed by atoms with Crippen LogP contribution in [-0.2, 0) is 9.59 Å². The zero-order valence-corrected chi connectivity index (χ0v) is 16.6. The molecule has 0 saturated carbocycles. The first-order chi connectivity index (χ1) is 12.4. The summed E-state index contributed by atoms with van der Waals surface area (Å²) in [5, 5.41) is 2.65. The molecular formula is C19H16BrN3O2S. The molecule has 0 aromatic heterocycles. The number of nitrogens with zero attached hydrogens (tertiary/aromatic N) is 2. The smallest absolute Gasteiger partial charge is 0.270 e. The Balaban J connectivity index is 1.95. The van der Waals surface area contributed by atoms with Gasteiger partial charge in [-0.05, 0) is 60.3 Å². The number of hydrogen-bond acceptors (Lipinski definition) is 4. The van der Waals surface area contributed by atoms with Crippen molar-refractivity contribution in [2.45, 2.75) is 0 Å². The lowest BCUT2D eigenvalue weighted by Gasteiger charge is -2.29. The average molecular weight is 430 g/mol. The maximum atomic E-state index is 12.9. The van der Waals surface area contributed by atoms with E-state index in [2.05, 4.69) is 21.2 Å². The molecule has 1 fully saturated rings. The number of nitrogens with one attached hydrogen (secondary N) is 1. The fourth-order valence-electron chi connectivity index (χ4n) is 2.52. The molecule has 1 N–H and O–H groups in total. The number of carbonyl (C=O) groups is 2. The van der Waals surface area contributed by atoms with E-state index in [9.17, 15) is 9.59 Å². The van der Waals surface area contributed by atoms with E-state index in [4.69, 9.17) is 12.2 Å². The number of carbonyl (C=O) groups excluding carboxylic acids is 2. The molecule has 1 aliphatic heterocycles. The molecule has 2 aromatic rings. The third-order valence-electron chi connectivity index (χ3n) is 3.91. The van der Waals surface area contributed by atoms with Crippen molar-refractivity contribution in [1.82, 2.24) is 5.32 Å². The lowest BCUT2D eigenvalue weighted by atomic mass is 10.1. The quantitative estimate of drug-likeness (QED) is 0.461. The van der Waals surface area contributed by atoms with E-state index in [0.29, 0.717) is 5.69 Å². The maximum absolute atomic E-state index is 12.9. The molecule has 0 bridgehead atoms. The van der Waals surface area contributed by atoms with Gasteiger partial charge in [-0.25, -0.2) is 0 Å². The highest BCUT2D eigenvalue weighted by atomic mass is 79.9. The first-order valence-corrected chi connectivity index (χ1v) is 9.01. The van der Waals surface area contributed by atoms with Gasteiger partial charge >= 0.3 is 0 Å². The molecular weight excluding hydrogens is 414 g/mol. The van der Waals surface area contributed by atoms with Crippen molar-refractivity contribution in [3.8, 4) is 0 Å². The zero-order chi connectivity index (χ0) is 18.8. The van der Waals surface area contributed by atoms with Crippen LogP contribution in [0.3, 0.4) is 0 Å². The number of anilines is 2. The van der Waals surface area contributed by atoms with Gasteiger partial charge < -0.3 is 4.90 Å². The molecule has 0 atom stereocenters. The van der Waals surface area contributed by atoms with E-state index in [-0.39, 0.29) is 10.7 Å². The molecule has 0 aliphatic carbocycles. The van der Waals surface area contributed by atoms with Crippen molar-refractivity contribution < 1.29 is 9.59 Å². The molecule has 2 amide bonds. The summed E-state index contributed by atoms with van der Waals surface area (Å²) < 4.78 is 0.886. The van der Waals surface area contributed by atoms with Crippen LogP contribution in [0.4, 0.5) is 11.4 Å². The predicted molar refractivity (Wildman–Crippen MR) is 111 cm³/mol. The fraction of sp³-hybridized carbons (Fsp3) is 0.105. The van der Waals surface area contributed by atoms with E-state index in [0.717, 1.165) is 15.7 Å². The Labute approximate surface area is 165 Å². The number of benzene rings is 2. The monoisotopic (exact) mass is 429 g/mol. The lowest BCUT2D eigenvalue weighted by Crippen LogP contribution is -2.54. The third kappa shape index (κ3) is 3.68. The lowest BCUT2D eigenvalue weighted by molar-refractivity contribution is -0.122. The number of hydrogen-bond donors (Lipinski definition) is 1. The van der Waals surface area contributed by atoms with Gasteiger partial charge in [0.05, 0.1) is 5.69 Å². The van der Waals surface area contributed by atoms with Crippen molar-refractivity contribution in [2.75, 3.05) is 23.9 Å². The summed E-state index contributed by atoms with van der Waals surface area (Å²) in [6.07, 6.45) is 1.57. The van der Waals surface area contributed by atoms with Gasteiger partial charge in [-0.2, -0.15) is 0 Å². The zero-order valence-electron chi connectivity index (χ0n) is 14.2. The van der Waals surface area contributed by atoms with Gasteiger partial charge in [-0.1, -0.05) is 28.1 Å². The second-order valence-corrected chi connectivity index (χ2v) is 7.22. The Morgan fingerprint density at radius 3 is 2.23 bits per heavy atom. The van der Waals surface area contributed by atoms with Crippen LogP contribution in [-0.4, -0.2) is 31.0 Å². The van der Waals surface area contributed by atoms with Crippen LogP contribution >= 0.6 is 28.1 Å². The van der Waals surface area contributed by atoms with Crippen molar-refractivity contribution in [3.05, 3.63) is 64.1 Å². The summed E-state index contributed by atoms with van der Waals surface area (Å²) in [6.45, 7) is 0. The first-order valence-electron chi connectivity index (χ1n) is 7.81. The number of thiocarbonyl (C=S) groups is 1. The molecule has 0 radical (unpaired) electrons. The van der Waals surface area contributed by atoms with Crippen molar-refractivity contribution >= 4 is 62.5 Å². The van der Waals surface area contributed by atoms with Gasteiger partial charge in [-0.3, -0.25) is 19.8 Å². The Bertz CT molecular complexity index is 905. The molecule has 26 heavy (non-hydrogen) atoms. The Hall–Kier alpha value is -2.51. The normalized spacial score (nSPS) is 16.0. The summed E-state index contributed by atoms with van der Waals surface area (Å²) in [6, 6.07) is 14.7. The summed E-state index contributed by atoms with van der Waals surface area (Å²) in [4.78, 5) is 28.5. The Morgan fingerprint density at radius 2 is 1.65 bits per heavy atom. The van der Waals surface area contributed by atoms with E-state index < -0.39 is 11.8 Å². The van der Waals surface area contributed by atoms with Gasteiger partial charge in [0.15, 0.2) is 5.11 Å². The standard InChI is InChI=1S/C19H16BrN3O2S/c1-22(2)14-7-3-12(4-8-14)11-16-17(24)21-19(26)23(18(16)25)15-9-5-13(20)6-10-15/h3-11H,1-2H3,(H,21,24,26)/b16-11-. The van der Waals surface area contributed by atoms with Crippen LogP contribution in [0.25, 0.3) is 6.08 Å². The largest absolute Gasteiger partial charge is 0.378 e. The molecule has 3 rings (SSSR count). The number of rotatable bonds is 3. The maximum Gasteiger partial charge on any atom is 0.270 e. The van der Waals surface area contributed by atoms with Gasteiger partial charge in [0.2, 0.25) is 0 Å². The number of halogens is 1. The van der Waals surface area contributed by atoms with Crippen LogP contribution < -0.4 is 15.1 Å². The first kappa shape index (κ1) is 18.3. The minimum Gasteiger partial charge on any atom is -0.378 e. The molecule has 5 nitrogen and oxygen atoms in total.